The third-order valence-electron chi connectivity index (χ3n) is 5.60. The average Bonchev–Trinajstić information content (AvgIpc) is 3.29. The van der Waals surface area contributed by atoms with Crippen molar-refractivity contribution in [2.24, 2.45) is 11.1 Å². The number of primary amides is 1. The predicted octanol–water partition coefficient (Wildman–Crippen LogP) is 3.76. The van der Waals surface area contributed by atoms with Crippen molar-refractivity contribution in [1.82, 2.24) is 9.88 Å². The van der Waals surface area contributed by atoms with Crippen molar-refractivity contribution in [1.29, 1.82) is 0 Å². The number of carbonyl (C=O) groups is 2. The Morgan fingerprint density at radius 1 is 1.14 bits per heavy atom. The smallest absolute Gasteiger partial charge is 0.255 e. The lowest BCUT2D eigenvalue weighted by Gasteiger charge is -2.41. The van der Waals surface area contributed by atoms with E-state index in [0.717, 1.165) is 17.5 Å². The molecule has 0 spiro atoms. The number of thiophene rings is 1. The number of carbonyl (C=O) groups excluding carboxylic acids is 2. The molecule has 1 aliphatic heterocycles. The van der Waals surface area contributed by atoms with E-state index in [-0.39, 0.29) is 11.8 Å². The zero-order valence-corrected chi connectivity index (χ0v) is 16.9. The van der Waals surface area contributed by atoms with Crippen molar-refractivity contribution < 1.29 is 9.59 Å². The molecule has 1 saturated heterocycles. The first-order valence-electron chi connectivity index (χ1n) is 9.69. The van der Waals surface area contributed by atoms with Crippen molar-refractivity contribution in [2.45, 2.75) is 19.3 Å². The van der Waals surface area contributed by atoms with E-state index in [2.05, 4.69) is 40.7 Å². The molecule has 2 N–H and O–H groups in total. The minimum absolute atomic E-state index is 0.100. The number of nitrogens with two attached hydrogens (primary N) is 1. The molecule has 2 amide bonds. The molecule has 3 aromatic rings. The summed E-state index contributed by atoms with van der Waals surface area (Å²) < 4.78 is 0. The van der Waals surface area contributed by atoms with Crippen LogP contribution in [0.3, 0.4) is 0 Å². The summed E-state index contributed by atoms with van der Waals surface area (Å²) in [5, 5.41) is 2.06. The second-order valence-corrected chi connectivity index (χ2v) is 8.52. The molecule has 4 rings (SSSR count). The molecule has 1 fully saturated rings. The fourth-order valence-corrected chi connectivity index (χ4v) is 4.76. The van der Waals surface area contributed by atoms with Crippen LogP contribution in [0.25, 0.3) is 10.4 Å². The minimum atomic E-state index is -0.749. The van der Waals surface area contributed by atoms with E-state index in [9.17, 15) is 9.59 Å². The van der Waals surface area contributed by atoms with Gasteiger partial charge in [0.05, 0.1) is 11.0 Å². The fraction of sp³-hybridized carbons (Fsp3) is 0.261. The largest absolute Gasteiger partial charge is 0.369 e. The van der Waals surface area contributed by atoms with Crippen LogP contribution in [0.1, 0.15) is 28.8 Å². The second-order valence-electron chi connectivity index (χ2n) is 7.57. The maximum Gasteiger partial charge on any atom is 0.255 e. The molecule has 29 heavy (non-hydrogen) atoms. The van der Waals surface area contributed by atoms with Gasteiger partial charge in [0.25, 0.3) is 5.91 Å². The summed E-state index contributed by atoms with van der Waals surface area (Å²) >= 11 is 1.70. The van der Waals surface area contributed by atoms with Gasteiger partial charge < -0.3 is 10.6 Å². The molecule has 5 nitrogen and oxygen atoms in total. The van der Waals surface area contributed by atoms with Gasteiger partial charge in [-0.05, 0) is 54.0 Å². The molecule has 0 saturated carbocycles. The number of hydrogen-bond donors (Lipinski definition) is 1. The Balaban J connectivity index is 1.54. The zero-order chi connectivity index (χ0) is 20.3. The Bertz CT molecular complexity index is 987. The van der Waals surface area contributed by atoms with Crippen LogP contribution in [0.5, 0.6) is 0 Å². The van der Waals surface area contributed by atoms with Gasteiger partial charge in [-0.25, -0.2) is 0 Å². The molecular formula is C23H23N3O2S. The lowest BCUT2D eigenvalue weighted by Crippen LogP contribution is -2.53. The first kappa shape index (κ1) is 19.3. The summed E-state index contributed by atoms with van der Waals surface area (Å²) in [5.74, 6) is -0.444. The SMILES string of the molecule is NC(=O)[C@]1(Cc2ccc(-c3cccs3)cc2)CCCN(C(=O)c2cccnc2)C1. The second kappa shape index (κ2) is 8.17. The van der Waals surface area contributed by atoms with Gasteiger partial charge in [0.15, 0.2) is 0 Å². The monoisotopic (exact) mass is 405 g/mol. The van der Waals surface area contributed by atoms with E-state index >= 15 is 0 Å². The molecule has 0 bridgehead atoms. The van der Waals surface area contributed by atoms with Crippen molar-refractivity contribution in [3.8, 4) is 10.4 Å². The summed E-state index contributed by atoms with van der Waals surface area (Å²) in [6, 6.07) is 15.9. The number of amides is 2. The van der Waals surface area contributed by atoms with Crippen LogP contribution in [0.2, 0.25) is 0 Å². The molecule has 1 aromatic carbocycles. The van der Waals surface area contributed by atoms with Crippen molar-refractivity contribution in [3.05, 3.63) is 77.4 Å². The summed E-state index contributed by atoms with van der Waals surface area (Å²) in [6.45, 7) is 0.961. The molecule has 1 atom stereocenters. The maximum absolute atomic E-state index is 12.9. The number of pyridine rings is 1. The minimum Gasteiger partial charge on any atom is -0.369 e. The van der Waals surface area contributed by atoms with Gasteiger partial charge in [-0.3, -0.25) is 14.6 Å². The summed E-state index contributed by atoms with van der Waals surface area (Å²) in [7, 11) is 0. The zero-order valence-electron chi connectivity index (χ0n) is 16.1. The van der Waals surface area contributed by atoms with Gasteiger partial charge in [0, 0.05) is 30.4 Å². The molecular weight excluding hydrogens is 382 g/mol. The van der Waals surface area contributed by atoms with Gasteiger partial charge in [0.1, 0.15) is 0 Å². The first-order chi connectivity index (χ1) is 14.1. The summed E-state index contributed by atoms with van der Waals surface area (Å²) in [5.41, 5.74) is 7.87. The lowest BCUT2D eigenvalue weighted by atomic mass is 9.74. The highest BCUT2D eigenvalue weighted by molar-refractivity contribution is 7.13. The highest BCUT2D eigenvalue weighted by Crippen LogP contribution is 2.35. The van der Waals surface area contributed by atoms with Crippen molar-refractivity contribution in [2.75, 3.05) is 13.1 Å². The molecule has 3 heterocycles. The predicted molar refractivity (Wildman–Crippen MR) is 114 cm³/mol. The highest BCUT2D eigenvalue weighted by atomic mass is 32.1. The molecule has 148 valence electrons. The van der Waals surface area contributed by atoms with Gasteiger partial charge in [-0.15, -0.1) is 11.3 Å². The van der Waals surface area contributed by atoms with Crippen LogP contribution in [0.4, 0.5) is 0 Å². The van der Waals surface area contributed by atoms with E-state index < -0.39 is 5.41 Å². The number of benzene rings is 1. The topological polar surface area (TPSA) is 76.3 Å². The number of hydrogen-bond acceptors (Lipinski definition) is 4. The van der Waals surface area contributed by atoms with Crippen LogP contribution < -0.4 is 5.73 Å². The highest BCUT2D eigenvalue weighted by Gasteiger charge is 2.42. The van der Waals surface area contributed by atoms with Crippen LogP contribution in [0, 0.1) is 5.41 Å². The lowest BCUT2D eigenvalue weighted by molar-refractivity contribution is -0.130. The maximum atomic E-state index is 12.9. The average molecular weight is 406 g/mol. The Kier molecular flexibility index (Phi) is 5.45. The Labute approximate surface area is 174 Å². The van der Waals surface area contributed by atoms with Gasteiger partial charge in [-0.2, -0.15) is 0 Å². The summed E-state index contributed by atoms with van der Waals surface area (Å²) in [4.78, 5) is 32.4. The van der Waals surface area contributed by atoms with Gasteiger partial charge >= 0.3 is 0 Å². The quantitative estimate of drug-likeness (QED) is 0.702. The van der Waals surface area contributed by atoms with Crippen LogP contribution in [-0.2, 0) is 11.2 Å². The van der Waals surface area contributed by atoms with Gasteiger partial charge in [0.2, 0.25) is 5.91 Å². The third-order valence-corrected chi connectivity index (χ3v) is 6.52. The fourth-order valence-electron chi connectivity index (χ4n) is 4.03. The number of likely N-dealkylation sites (tertiary alicyclic amines) is 1. The molecule has 0 aliphatic carbocycles. The Morgan fingerprint density at radius 3 is 2.62 bits per heavy atom. The molecule has 6 heteroatoms. The molecule has 0 unspecified atom stereocenters. The normalized spacial score (nSPS) is 19.1. The molecule has 0 radical (unpaired) electrons. The number of piperidine rings is 1. The van der Waals surface area contributed by atoms with Gasteiger partial charge in [-0.1, -0.05) is 30.3 Å². The standard InChI is InChI=1S/C23H23N3O2S/c24-22(28)23(14-17-6-8-18(9-7-17)20-5-2-13-29-20)10-3-12-26(16-23)21(27)19-4-1-11-25-15-19/h1-2,4-9,11,13,15H,3,10,12,14,16H2,(H2,24,28)/t23-/m0/s1. The number of rotatable bonds is 5. The summed E-state index contributed by atoms with van der Waals surface area (Å²) in [6.07, 6.45) is 5.17. The first-order valence-corrected chi connectivity index (χ1v) is 10.6. The van der Waals surface area contributed by atoms with E-state index in [4.69, 9.17) is 5.73 Å². The molecule has 1 aliphatic rings. The van der Waals surface area contributed by atoms with Crippen LogP contribution >= 0.6 is 11.3 Å². The molecule has 2 aromatic heterocycles. The number of nitrogens with zero attached hydrogens (tertiary/aromatic N) is 2. The van der Waals surface area contributed by atoms with Crippen LogP contribution in [0.15, 0.2) is 66.3 Å². The van der Waals surface area contributed by atoms with E-state index in [0.29, 0.717) is 31.5 Å². The van der Waals surface area contributed by atoms with Crippen LogP contribution in [-0.4, -0.2) is 34.8 Å². The van der Waals surface area contributed by atoms with Crippen molar-refractivity contribution in [3.63, 3.8) is 0 Å². The van der Waals surface area contributed by atoms with E-state index in [1.807, 2.05) is 6.07 Å². The van der Waals surface area contributed by atoms with E-state index in [1.165, 1.54) is 4.88 Å². The number of aromatic nitrogens is 1. The Morgan fingerprint density at radius 2 is 1.97 bits per heavy atom. The third kappa shape index (κ3) is 4.07. The Hall–Kier alpha value is -2.99. The van der Waals surface area contributed by atoms with E-state index in [1.54, 1.807) is 40.8 Å². The van der Waals surface area contributed by atoms with Crippen molar-refractivity contribution >= 4 is 23.2 Å².